The minimum absolute atomic E-state index is 0.217. The van der Waals surface area contributed by atoms with Crippen LogP contribution in [0.1, 0.15) is 18.1 Å². The lowest BCUT2D eigenvalue weighted by Crippen LogP contribution is -2.17. The molecule has 0 aliphatic heterocycles. The summed E-state index contributed by atoms with van der Waals surface area (Å²) in [7, 11) is 1.93. The molecule has 86 valence electrons. The zero-order chi connectivity index (χ0) is 11.5. The summed E-state index contributed by atoms with van der Waals surface area (Å²) in [5.74, 6) is 0. The van der Waals surface area contributed by atoms with Crippen molar-refractivity contribution in [2.24, 2.45) is 12.8 Å². The molecular formula is C12H18N4. The zero-order valence-electron chi connectivity index (χ0n) is 9.80. The fourth-order valence-corrected chi connectivity index (χ4v) is 1.85. The molecule has 4 heteroatoms. The monoisotopic (exact) mass is 218 g/mol. The predicted molar refractivity (Wildman–Crippen MR) is 64.1 cm³/mol. The molecule has 4 nitrogen and oxygen atoms in total. The zero-order valence-corrected chi connectivity index (χ0v) is 9.80. The average molecular weight is 218 g/mol. The van der Waals surface area contributed by atoms with E-state index in [0.717, 1.165) is 13.0 Å². The molecular weight excluding hydrogens is 200 g/mol. The SMILES string of the molecule is CC(N)Cc1ccn(Cc2cnn(C)c2)c1. The lowest BCUT2D eigenvalue weighted by atomic mass is 10.1. The van der Waals surface area contributed by atoms with E-state index in [-0.39, 0.29) is 6.04 Å². The minimum Gasteiger partial charge on any atom is -0.350 e. The van der Waals surface area contributed by atoms with Gasteiger partial charge in [0, 0.05) is 37.2 Å². The molecule has 0 aliphatic carbocycles. The molecule has 0 aliphatic rings. The van der Waals surface area contributed by atoms with Gasteiger partial charge in [0.25, 0.3) is 0 Å². The highest BCUT2D eigenvalue weighted by molar-refractivity contribution is 5.14. The van der Waals surface area contributed by atoms with Gasteiger partial charge in [-0.05, 0) is 25.0 Å². The molecule has 2 N–H and O–H groups in total. The highest BCUT2D eigenvalue weighted by Gasteiger charge is 2.02. The third-order valence-corrected chi connectivity index (χ3v) is 2.49. The molecule has 0 aromatic carbocycles. The summed E-state index contributed by atoms with van der Waals surface area (Å²) >= 11 is 0. The normalized spacial score (nSPS) is 12.9. The Morgan fingerprint density at radius 1 is 1.38 bits per heavy atom. The van der Waals surface area contributed by atoms with Gasteiger partial charge in [0.1, 0.15) is 0 Å². The standard InChI is InChI=1S/C12H18N4/c1-10(13)5-11-3-4-16(8-11)9-12-6-14-15(2)7-12/h3-4,6-8,10H,5,9,13H2,1-2H3. The second kappa shape index (κ2) is 4.53. The van der Waals surface area contributed by atoms with Gasteiger partial charge in [0.15, 0.2) is 0 Å². The van der Waals surface area contributed by atoms with E-state index in [1.54, 1.807) is 0 Å². The van der Waals surface area contributed by atoms with Gasteiger partial charge in [-0.15, -0.1) is 0 Å². The first-order valence-electron chi connectivity index (χ1n) is 5.51. The Hall–Kier alpha value is -1.55. The second-order valence-corrected chi connectivity index (χ2v) is 4.40. The van der Waals surface area contributed by atoms with Crippen molar-refractivity contribution < 1.29 is 0 Å². The summed E-state index contributed by atoms with van der Waals surface area (Å²) in [4.78, 5) is 0. The predicted octanol–water partition coefficient (Wildman–Crippen LogP) is 1.16. The van der Waals surface area contributed by atoms with Crippen LogP contribution < -0.4 is 5.73 Å². The Bertz CT molecular complexity index is 453. The van der Waals surface area contributed by atoms with Crippen LogP contribution in [-0.2, 0) is 20.0 Å². The molecule has 2 rings (SSSR count). The average Bonchev–Trinajstić information content (AvgIpc) is 2.76. The maximum Gasteiger partial charge on any atom is 0.0539 e. The summed E-state index contributed by atoms with van der Waals surface area (Å²) < 4.78 is 3.98. The van der Waals surface area contributed by atoms with Crippen LogP contribution in [0.4, 0.5) is 0 Å². The number of rotatable bonds is 4. The maximum atomic E-state index is 5.77. The van der Waals surface area contributed by atoms with Gasteiger partial charge >= 0.3 is 0 Å². The quantitative estimate of drug-likeness (QED) is 0.837. The van der Waals surface area contributed by atoms with Crippen LogP contribution in [0.25, 0.3) is 0 Å². The lowest BCUT2D eigenvalue weighted by Gasteiger charge is -2.02. The van der Waals surface area contributed by atoms with Gasteiger partial charge in [0.05, 0.1) is 12.7 Å². The molecule has 0 saturated carbocycles. The molecule has 0 radical (unpaired) electrons. The summed E-state index contributed by atoms with van der Waals surface area (Å²) in [5, 5.41) is 4.15. The Morgan fingerprint density at radius 2 is 2.19 bits per heavy atom. The van der Waals surface area contributed by atoms with Crippen molar-refractivity contribution in [1.82, 2.24) is 14.3 Å². The fraction of sp³-hybridized carbons (Fsp3) is 0.417. The first-order chi connectivity index (χ1) is 7.63. The lowest BCUT2D eigenvalue weighted by molar-refractivity contribution is 0.731. The van der Waals surface area contributed by atoms with E-state index in [1.807, 2.05) is 31.0 Å². The third kappa shape index (κ3) is 2.73. The minimum atomic E-state index is 0.217. The Kier molecular flexibility index (Phi) is 3.10. The van der Waals surface area contributed by atoms with Crippen LogP contribution in [0.2, 0.25) is 0 Å². The first kappa shape index (κ1) is 11.0. The van der Waals surface area contributed by atoms with Crippen LogP contribution in [0.15, 0.2) is 30.9 Å². The van der Waals surface area contributed by atoms with Crippen LogP contribution in [0.5, 0.6) is 0 Å². The van der Waals surface area contributed by atoms with Gasteiger partial charge in [-0.25, -0.2) is 0 Å². The molecule has 16 heavy (non-hydrogen) atoms. The summed E-state index contributed by atoms with van der Waals surface area (Å²) in [5.41, 5.74) is 8.27. The summed E-state index contributed by atoms with van der Waals surface area (Å²) in [6.45, 7) is 2.89. The van der Waals surface area contributed by atoms with Gasteiger partial charge in [-0.1, -0.05) is 0 Å². The second-order valence-electron chi connectivity index (χ2n) is 4.40. The van der Waals surface area contributed by atoms with E-state index >= 15 is 0 Å². The molecule has 0 saturated heterocycles. The van der Waals surface area contributed by atoms with Gasteiger partial charge < -0.3 is 10.3 Å². The van der Waals surface area contributed by atoms with Crippen LogP contribution in [0.3, 0.4) is 0 Å². The van der Waals surface area contributed by atoms with E-state index in [2.05, 4.69) is 28.1 Å². The molecule has 1 atom stereocenters. The number of hydrogen-bond acceptors (Lipinski definition) is 2. The molecule has 0 fully saturated rings. The van der Waals surface area contributed by atoms with Crippen molar-refractivity contribution in [3.8, 4) is 0 Å². The van der Waals surface area contributed by atoms with Crippen LogP contribution >= 0.6 is 0 Å². The largest absolute Gasteiger partial charge is 0.350 e. The van der Waals surface area contributed by atoms with Crippen molar-refractivity contribution in [3.63, 3.8) is 0 Å². The highest BCUT2D eigenvalue weighted by Crippen LogP contribution is 2.07. The van der Waals surface area contributed by atoms with Gasteiger partial charge in [-0.3, -0.25) is 4.68 Å². The molecule has 1 unspecified atom stereocenters. The Labute approximate surface area is 95.7 Å². The molecule has 2 heterocycles. The Balaban J connectivity index is 2.02. The van der Waals surface area contributed by atoms with Crippen molar-refractivity contribution in [1.29, 1.82) is 0 Å². The molecule has 2 aromatic rings. The number of nitrogens with two attached hydrogens (primary N) is 1. The van der Waals surface area contributed by atoms with Crippen molar-refractivity contribution in [2.45, 2.75) is 25.9 Å². The van der Waals surface area contributed by atoms with E-state index in [0.29, 0.717) is 0 Å². The van der Waals surface area contributed by atoms with E-state index < -0.39 is 0 Å². The van der Waals surface area contributed by atoms with E-state index in [9.17, 15) is 0 Å². The van der Waals surface area contributed by atoms with Gasteiger partial charge in [0.2, 0.25) is 0 Å². The maximum absolute atomic E-state index is 5.77. The van der Waals surface area contributed by atoms with Crippen molar-refractivity contribution in [3.05, 3.63) is 42.0 Å². The van der Waals surface area contributed by atoms with Crippen LogP contribution in [0, 0.1) is 0 Å². The van der Waals surface area contributed by atoms with Gasteiger partial charge in [-0.2, -0.15) is 5.10 Å². The molecule has 2 aromatic heterocycles. The summed E-state index contributed by atoms with van der Waals surface area (Å²) in [6, 6.07) is 2.34. The topological polar surface area (TPSA) is 48.8 Å². The summed E-state index contributed by atoms with van der Waals surface area (Å²) in [6.07, 6.45) is 9.09. The van der Waals surface area contributed by atoms with Crippen molar-refractivity contribution >= 4 is 0 Å². The highest BCUT2D eigenvalue weighted by atomic mass is 15.2. The fourth-order valence-electron chi connectivity index (χ4n) is 1.85. The Morgan fingerprint density at radius 3 is 2.81 bits per heavy atom. The number of aryl methyl sites for hydroxylation is 1. The van der Waals surface area contributed by atoms with E-state index in [4.69, 9.17) is 5.73 Å². The molecule has 0 amide bonds. The third-order valence-electron chi connectivity index (χ3n) is 2.49. The smallest absolute Gasteiger partial charge is 0.0539 e. The van der Waals surface area contributed by atoms with E-state index in [1.165, 1.54) is 11.1 Å². The molecule has 0 bridgehead atoms. The number of nitrogens with zero attached hydrogens (tertiary/aromatic N) is 3. The molecule has 0 spiro atoms. The van der Waals surface area contributed by atoms with Crippen LogP contribution in [-0.4, -0.2) is 20.4 Å². The first-order valence-corrected chi connectivity index (χ1v) is 5.51. The number of aromatic nitrogens is 3. The number of hydrogen-bond donors (Lipinski definition) is 1. The van der Waals surface area contributed by atoms with Crippen molar-refractivity contribution in [2.75, 3.05) is 0 Å².